The predicted octanol–water partition coefficient (Wildman–Crippen LogP) is 3.93. The molecule has 1 heterocycles. The first-order valence-corrected chi connectivity index (χ1v) is 10.4. The van der Waals surface area contributed by atoms with E-state index in [1.165, 1.54) is 11.3 Å². The third kappa shape index (κ3) is 5.64. The minimum absolute atomic E-state index is 0.243. The average Bonchev–Trinajstić information content (AvgIpc) is 3.20. The number of nitrogens with one attached hydrogen (secondary N) is 2. The molecule has 0 radical (unpaired) electrons. The van der Waals surface area contributed by atoms with Gasteiger partial charge in [-0.2, -0.15) is 0 Å². The van der Waals surface area contributed by atoms with Crippen molar-refractivity contribution < 1.29 is 14.3 Å². The van der Waals surface area contributed by atoms with E-state index in [2.05, 4.69) is 34.7 Å². The van der Waals surface area contributed by atoms with Gasteiger partial charge in [0.05, 0.1) is 7.11 Å². The highest BCUT2D eigenvalue weighted by atomic mass is 32.1. The number of hydrogen-bond acceptors (Lipinski definition) is 6. The van der Waals surface area contributed by atoms with Crippen molar-refractivity contribution in [1.29, 1.82) is 0 Å². The third-order valence-corrected chi connectivity index (χ3v) is 5.20. The molecule has 0 aliphatic rings. The Balaban J connectivity index is 1.63. The van der Waals surface area contributed by atoms with Crippen molar-refractivity contribution in [2.75, 3.05) is 12.4 Å². The summed E-state index contributed by atoms with van der Waals surface area (Å²) in [6.07, 6.45) is 0.785. The van der Waals surface area contributed by atoms with Gasteiger partial charge in [-0.05, 0) is 30.2 Å². The van der Waals surface area contributed by atoms with E-state index in [1.54, 1.807) is 31.4 Å². The summed E-state index contributed by atoms with van der Waals surface area (Å²) in [6.45, 7) is 4.51. The highest BCUT2D eigenvalue weighted by Gasteiger charge is 2.15. The summed E-state index contributed by atoms with van der Waals surface area (Å²) in [4.78, 5) is 25.0. The number of carbonyl (C=O) groups is 2. The van der Waals surface area contributed by atoms with Crippen LogP contribution in [0.25, 0.3) is 0 Å². The Morgan fingerprint density at radius 1 is 1.07 bits per heavy atom. The summed E-state index contributed by atoms with van der Waals surface area (Å²) in [5, 5.41) is 14.8. The molecule has 156 valence electrons. The van der Waals surface area contributed by atoms with Crippen LogP contribution < -0.4 is 15.4 Å². The maximum Gasteiger partial charge on any atom is 0.286 e. The minimum Gasteiger partial charge on any atom is -0.496 e. The van der Waals surface area contributed by atoms with Gasteiger partial charge in [0, 0.05) is 29.8 Å². The fourth-order valence-corrected chi connectivity index (χ4v) is 3.77. The van der Waals surface area contributed by atoms with Gasteiger partial charge in [-0.15, -0.1) is 10.2 Å². The molecule has 0 aliphatic heterocycles. The summed E-state index contributed by atoms with van der Waals surface area (Å²) in [6, 6.07) is 14.3. The highest BCUT2D eigenvalue weighted by molar-refractivity contribution is 7.13. The van der Waals surface area contributed by atoms with Gasteiger partial charge in [0.25, 0.3) is 11.8 Å². The summed E-state index contributed by atoms with van der Waals surface area (Å²) >= 11 is 1.28. The van der Waals surface area contributed by atoms with E-state index in [9.17, 15) is 9.59 Å². The van der Waals surface area contributed by atoms with Crippen molar-refractivity contribution in [3.05, 3.63) is 69.7 Å². The van der Waals surface area contributed by atoms with Gasteiger partial charge in [0.2, 0.25) is 5.01 Å². The number of benzene rings is 2. The molecule has 2 amide bonds. The number of rotatable bonds is 8. The molecule has 0 unspecified atom stereocenters. The Kier molecular flexibility index (Phi) is 7.13. The SMILES string of the molecule is COc1ccccc1CNC(=O)c1cccc(NC(=O)c2nnc(CC(C)C)s2)c1. The van der Waals surface area contributed by atoms with E-state index in [0.29, 0.717) is 34.5 Å². The van der Waals surface area contributed by atoms with Gasteiger partial charge in [0.15, 0.2) is 0 Å². The molecule has 0 saturated heterocycles. The number of carbonyl (C=O) groups excluding carboxylic acids is 2. The largest absolute Gasteiger partial charge is 0.496 e. The molecule has 0 aliphatic carbocycles. The van der Waals surface area contributed by atoms with Gasteiger partial charge >= 0.3 is 0 Å². The van der Waals surface area contributed by atoms with Gasteiger partial charge in [-0.1, -0.05) is 49.4 Å². The molecule has 7 nitrogen and oxygen atoms in total. The zero-order valence-electron chi connectivity index (χ0n) is 17.1. The molecule has 1 aromatic heterocycles. The summed E-state index contributed by atoms with van der Waals surface area (Å²) in [5.41, 5.74) is 1.84. The molecule has 8 heteroatoms. The summed E-state index contributed by atoms with van der Waals surface area (Å²) < 4.78 is 5.30. The standard InChI is InChI=1S/C22H24N4O3S/c1-14(2)11-19-25-26-22(30-19)21(28)24-17-9-6-8-15(12-17)20(27)23-13-16-7-4-5-10-18(16)29-3/h4-10,12,14H,11,13H2,1-3H3,(H,23,27)(H,24,28). The first kappa shape index (κ1) is 21.4. The number of methoxy groups -OCH3 is 1. The van der Waals surface area contributed by atoms with Crippen molar-refractivity contribution >= 4 is 28.8 Å². The number of nitrogens with zero attached hydrogens (tertiary/aromatic N) is 2. The van der Waals surface area contributed by atoms with Crippen LogP contribution in [0.4, 0.5) is 5.69 Å². The van der Waals surface area contributed by atoms with Crippen LogP contribution >= 0.6 is 11.3 Å². The monoisotopic (exact) mass is 424 g/mol. The lowest BCUT2D eigenvalue weighted by Gasteiger charge is -2.10. The maximum absolute atomic E-state index is 12.5. The molecule has 3 aromatic rings. The van der Waals surface area contributed by atoms with E-state index >= 15 is 0 Å². The van der Waals surface area contributed by atoms with Crippen molar-refractivity contribution in [2.45, 2.75) is 26.8 Å². The molecule has 0 atom stereocenters. The molecule has 30 heavy (non-hydrogen) atoms. The first-order valence-electron chi connectivity index (χ1n) is 9.60. The quantitative estimate of drug-likeness (QED) is 0.572. The molecule has 0 spiro atoms. The lowest BCUT2D eigenvalue weighted by Crippen LogP contribution is -2.23. The lowest BCUT2D eigenvalue weighted by molar-refractivity contribution is 0.0949. The Hall–Kier alpha value is -3.26. The van der Waals surface area contributed by atoms with Crippen LogP contribution in [-0.2, 0) is 13.0 Å². The van der Waals surface area contributed by atoms with Crippen molar-refractivity contribution in [2.24, 2.45) is 5.92 Å². The van der Waals surface area contributed by atoms with Crippen LogP contribution in [0.15, 0.2) is 48.5 Å². The Morgan fingerprint density at radius 2 is 1.87 bits per heavy atom. The van der Waals surface area contributed by atoms with Crippen molar-refractivity contribution in [3.8, 4) is 5.75 Å². The van der Waals surface area contributed by atoms with Crippen LogP contribution in [-0.4, -0.2) is 29.1 Å². The summed E-state index contributed by atoms with van der Waals surface area (Å²) in [7, 11) is 1.59. The Bertz CT molecular complexity index is 1030. The lowest BCUT2D eigenvalue weighted by atomic mass is 10.1. The van der Waals surface area contributed by atoms with Crippen molar-refractivity contribution in [1.82, 2.24) is 15.5 Å². The average molecular weight is 425 g/mol. The second-order valence-electron chi connectivity index (χ2n) is 7.13. The molecule has 2 N–H and O–H groups in total. The highest BCUT2D eigenvalue weighted by Crippen LogP contribution is 2.19. The number of ether oxygens (including phenoxy) is 1. The number of hydrogen-bond donors (Lipinski definition) is 2. The number of anilines is 1. The van der Waals surface area contributed by atoms with Gasteiger partial charge in [-0.3, -0.25) is 9.59 Å². The molecule has 3 rings (SSSR count). The van der Waals surface area contributed by atoms with Crippen molar-refractivity contribution in [3.63, 3.8) is 0 Å². The van der Waals surface area contributed by atoms with Crippen LogP contribution in [0, 0.1) is 5.92 Å². The van der Waals surface area contributed by atoms with E-state index in [1.807, 2.05) is 24.3 Å². The zero-order chi connectivity index (χ0) is 21.5. The number of para-hydroxylation sites is 1. The Labute approximate surface area is 179 Å². The van der Waals surface area contributed by atoms with E-state index in [0.717, 1.165) is 17.0 Å². The second-order valence-corrected chi connectivity index (χ2v) is 8.19. The molecular formula is C22H24N4O3S. The Morgan fingerprint density at radius 3 is 2.63 bits per heavy atom. The summed E-state index contributed by atoms with van der Waals surface area (Å²) in [5.74, 6) is 0.578. The van der Waals surface area contributed by atoms with Crippen LogP contribution in [0.3, 0.4) is 0 Å². The third-order valence-electron chi connectivity index (χ3n) is 4.26. The van der Waals surface area contributed by atoms with Crippen LogP contribution in [0.1, 0.15) is 44.6 Å². The molecule has 0 saturated carbocycles. The van der Waals surface area contributed by atoms with E-state index in [-0.39, 0.29) is 11.8 Å². The number of amides is 2. The second kappa shape index (κ2) is 9.98. The molecule has 0 bridgehead atoms. The van der Waals surface area contributed by atoms with E-state index in [4.69, 9.17) is 4.74 Å². The van der Waals surface area contributed by atoms with Gasteiger partial charge < -0.3 is 15.4 Å². The van der Waals surface area contributed by atoms with E-state index < -0.39 is 0 Å². The predicted molar refractivity (Wildman–Crippen MR) is 117 cm³/mol. The first-order chi connectivity index (χ1) is 14.5. The van der Waals surface area contributed by atoms with Gasteiger partial charge in [-0.25, -0.2) is 0 Å². The maximum atomic E-state index is 12.5. The molecule has 0 fully saturated rings. The zero-order valence-corrected chi connectivity index (χ0v) is 18.0. The smallest absolute Gasteiger partial charge is 0.286 e. The van der Waals surface area contributed by atoms with Crippen LogP contribution in [0.2, 0.25) is 0 Å². The molecule has 2 aromatic carbocycles. The minimum atomic E-state index is -0.339. The fraction of sp³-hybridized carbons (Fsp3) is 0.273. The molecular weight excluding hydrogens is 400 g/mol. The van der Waals surface area contributed by atoms with Gasteiger partial charge in [0.1, 0.15) is 10.8 Å². The normalized spacial score (nSPS) is 10.7. The number of aromatic nitrogens is 2. The van der Waals surface area contributed by atoms with Crippen LogP contribution in [0.5, 0.6) is 5.75 Å². The fourth-order valence-electron chi connectivity index (χ4n) is 2.83. The topological polar surface area (TPSA) is 93.2 Å².